The molecule has 5 heteroatoms. The summed E-state index contributed by atoms with van der Waals surface area (Å²) in [4.78, 5) is 11.1. The van der Waals surface area contributed by atoms with Crippen molar-refractivity contribution in [1.82, 2.24) is 10.2 Å². The summed E-state index contributed by atoms with van der Waals surface area (Å²) in [5.41, 5.74) is 0.254. The van der Waals surface area contributed by atoms with E-state index in [-0.39, 0.29) is 10.6 Å². The van der Waals surface area contributed by atoms with E-state index in [2.05, 4.69) is 29.4 Å². The molecule has 4 nitrogen and oxygen atoms in total. The van der Waals surface area contributed by atoms with Crippen molar-refractivity contribution < 1.29 is 0 Å². The van der Waals surface area contributed by atoms with Gasteiger partial charge >= 0.3 is 0 Å². The fraction of sp³-hybridized carbons (Fsp3) is 0.636. The Hall–Kier alpha value is -1.03. The van der Waals surface area contributed by atoms with Crippen LogP contribution in [0.25, 0.3) is 0 Å². The van der Waals surface area contributed by atoms with Crippen LogP contribution in [0.1, 0.15) is 33.1 Å². The largest absolute Gasteiger partial charge is 0.382 e. The Morgan fingerprint density at radius 1 is 1.50 bits per heavy atom. The maximum atomic E-state index is 11.1. The third kappa shape index (κ3) is 4.23. The molecule has 0 atom stereocenters. The lowest BCUT2D eigenvalue weighted by Crippen LogP contribution is -2.12. The van der Waals surface area contributed by atoms with Gasteiger partial charge < -0.3 is 5.32 Å². The zero-order valence-corrected chi connectivity index (χ0v) is 10.5. The summed E-state index contributed by atoms with van der Waals surface area (Å²) < 4.78 is 0. The van der Waals surface area contributed by atoms with Crippen LogP contribution in [0.4, 0.5) is 5.69 Å². The molecule has 0 aliphatic carbocycles. The van der Waals surface area contributed by atoms with Gasteiger partial charge in [0.15, 0.2) is 0 Å². The van der Waals surface area contributed by atoms with Crippen LogP contribution in [0.3, 0.4) is 0 Å². The number of hydrogen-bond donors (Lipinski definition) is 2. The highest BCUT2D eigenvalue weighted by molar-refractivity contribution is 6.32. The molecular formula is C11H18ClN3O. The molecule has 0 radical (unpaired) electrons. The van der Waals surface area contributed by atoms with E-state index in [0.29, 0.717) is 5.69 Å². The molecule has 0 saturated heterocycles. The molecule has 0 bridgehead atoms. The molecule has 1 aromatic heterocycles. The van der Waals surface area contributed by atoms with Crippen LogP contribution in [0.2, 0.25) is 5.02 Å². The average Bonchev–Trinajstić information content (AvgIpc) is 2.23. The molecule has 90 valence electrons. The van der Waals surface area contributed by atoms with Gasteiger partial charge in [-0.05, 0) is 12.3 Å². The van der Waals surface area contributed by atoms with Crippen LogP contribution in [-0.2, 0) is 0 Å². The lowest BCUT2D eigenvalue weighted by atomic mass is 10.1. The van der Waals surface area contributed by atoms with E-state index in [1.807, 2.05) is 0 Å². The second-order valence-corrected chi connectivity index (χ2v) is 4.62. The molecule has 0 aliphatic heterocycles. The Morgan fingerprint density at radius 2 is 2.25 bits per heavy atom. The Labute approximate surface area is 100 Å². The number of rotatable bonds is 6. The fourth-order valence-corrected chi connectivity index (χ4v) is 1.57. The number of H-pyrrole nitrogens is 1. The number of aromatic amines is 1. The van der Waals surface area contributed by atoms with E-state index in [9.17, 15) is 4.79 Å². The summed E-state index contributed by atoms with van der Waals surface area (Å²) in [7, 11) is 0. The fourth-order valence-electron chi connectivity index (χ4n) is 1.41. The zero-order chi connectivity index (χ0) is 12.0. The van der Waals surface area contributed by atoms with Crippen LogP contribution < -0.4 is 10.9 Å². The molecule has 0 unspecified atom stereocenters. The number of unbranched alkanes of at least 4 members (excludes halogenated alkanes) is 1. The van der Waals surface area contributed by atoms with Crippen molar-refractivity contribution in [3.63, 3.8) is 0 Å². The van der Waals surface area contributed by atoms with Crippen molar-refractivity contribution in [1.29, 1.82) is 0 Å². The number of anilines is 1. The number of halogens is 1. The Kier molecular flexibility index (Phi) is 5.32. The Bertz CT molecular complexity index is 376. The minimum Gasteiger partial charge on any atom is -0.382 e. The van der Waals surface area contributed by atoms with Gasteiger partial charge in [0.25, 0.3) is 5.56 Å². The van der Waals surface area contributed by atoms with Crippen LogP contribution in [0.5, 0.6) is 0 Å². The summed E-state index contributed by atoms with van der Waals surface area (Å²) in [6, 6.07) is 0. The van der Waals surface area contributed by atoms with E-state index in [1.54, 1.807) is 0 Å². The van der Waals surface area contributed by atoms with Gasteiger partial charge in [0.2, 0.25) is 0 Å². The molecule has 0 fully saturated rings. The van der Waals surface area contributed by atoms with E-state index in [1.165, 1.54) is 19.0 Å². The third-order valence-corrected chi connectivity index (χ3v) is 2.69. The minimum atomic E-state index is -0.353. The van der Waals surface area contributed by atoms with Gasteiger partial charge in [-0.1, -0.05) is 38.3 Å². The first kappa shape index (κ1) is 13.0. The number of aromatic nitrogens is 2. The normalized spacial score (nSPS) is 10.8. The molecule has 16 heavy (non-hydrogen) atoms. The number of hydrogen-bond acceptors (Lipinski definition) is 3. The number of nitrogens with one attached hydrogen (secondary N) is 2. The SMILES string of the molecule is CC(C)CCCCNc1cn[nH]c(=O)c1Cl. The van der Waals surface area contributed by atoms with Crippen molar-refractivity contribution in [3.05, 3.63) is 21.6 Å². The third-order valence-electron chi connectivity index (χ3n) is 2.32. The maximum absolute atomic E-state index is 11.1. The smallest absolute Gasteiger partial charge is 0.285 e. The first-order valence-electron chi connectivity index (χ1n) is 5.58. The van der Waals surface area contributed by atoms with Gasteiger partial charge in [0.05, 0.1) is 11.9 Å². The van der Waals surface area contributed by atoms with Crippen LogP contribution in [0, 0.1) is 5.92 Å². The lowest BCUT2D eigenvalue weighted by Gasteiger charge is -2.07. The molecule has 0 amide bonds. The summed E-state index contributed by atoms with van der Waals surface area (Å²) in [5.74, 6) is 0.741. The van der Waals surface area contributed by atoms with Crippen LogP contribution in [-0.4, -0.2) is 16.7 Å². The van der Waals surface area contributed by atoms with E-state index in [4.69, 9.17) is 11.6 Å². The molecule has 0 aliphatic rings. The van der Waals surface area contributed by atoms with Gasteiger partial charge in [0, 0.05) is 6.54 Å². The average molecular weight is 244 g/mol. The highest BCUT2D eigenvalue weighted by Crippen LogP contribution is 2.14. The monoisotopic (exact) mass is 243 g/mol. The van der Waals surface area contributed by atoms with E-state index in [0.717, 1.165) is 18.9 Å². The van der Waals surface area contributed by atoms with E-state index < -0.39 is 0 Å². The second kappa shape index (κ2) is 6.53. The molecule has 1 rings (SSSR count). The molecule has 0 spiro atoms. The highest BCUT2D eigenvalue weighted by atomic mass is 35.5. The predicted octanol–water partition coefficient (Wildman–Crippen LogP) is 2.66. The quantitative estimate of drug-likeness (QED) is 0.756. The Balaban J connectivity index is 2.32. The second-order valence-electron chi connectivity index (χ2n) is 4.24. The molecular weight excluding hydrogens is 226 g/mol. The topological polar surface area (TPSA) is 57.8 Å². The minimum absolute atomic E-state index is 0.179. The van der Waals surface area contributed by atoms with Crippen molar-refractivity contribution in [3.8, 4) is 0 Å². The van der Waals surface area contributed by atoms with Gasteiger partial charge in [-0.15, -0.1) is 0 Å². The van der Waals surface area contributed by atoms with Crippen LogP contribution in [0.15, 0.2) is 11.0 Å². The highest BCUT2D eigenvalue weighted by Gasteiger charge is 2.03. The van der Waals surface area contributed by atoms with Crippen molar-refractivity contribution >= 4 is 17.3 Å². The van der Waals surface area contributed by atoms with Crippen molar-refractivity contribution in [2.24, 2.45) is 5.92 Å². The van der Waals surface area contributed by atoms with Gasteiger partial charge in [0.1, 0.15) is 5.02 Å². The zero-order valence-electron chi connectivity index (χ0n) is 9.72. The maximum Gasteiger partial charge on any atom is 0.285 e. The molecule has 0 aromatic carbocycles. The first-order valence-corrected chi connectivity index (χ1v) is 5.96. The van der Waals surface area contributed by atoms with E-state index >= 15 is 0 Å². The first-order chi connectivity index (χ1) is 7.61. The Morgan fingerprint density at radius 3 is 2.94 bits per heavy atom. The van der Waals surface area contributed by atoms with Crippen molar-refractivity contribution in [2.45, 2.75) is 33.1 Å². The summed E-state index contributed by atoms with van der Waals surface area (Å²) in [6.07, 6.45) is 5.01. The number of nitrogens with zero attached hydrogens (tertiary/aromatic N) is 1. The van der Waals surface area contributed by atoms with Crippen LogP contribution >= 0.6 is 11.6 Å². The summed E-state index contributed by atoms with van der Waals surface area (Å²) in [5, 5.41) is 9.26. The molecule has 2 N–H and O–H groups in total. The van der Waals surface area contributed by atoms with Gasteiger partial charge in [-0.2, -0.15) is 5.10 Å². The van der Waals surface area contributed by atoms with Crippen molar-refractivity contribution in [2.75, 3.05) is 11.9 Å². The summed E-state index contributed by atoms with van der Waals surface area (Å²) in [6.45, 7) is 5.24. The molecule has 0 saturated carbocycles. The summed E-state index contributed by atoms with van der Waals surface area (Å²) >= 11 is 5.81. The standard InChI is InChI=1S/C11H18ClN3O/c1-8(2)5-3-4-6-13-9-7-14-15-11(16)10(9)12/h7-8H,3-6H2,1-2H3,(H2,13,15,16). The van der Waals surface area contributed by atoms with Gasteiger partial charge in [-0.25, -0.2) is 5.10 Å². The molecule has 1 heterocycles. The van der Waals surface area contributed by atoms with Gasteiger partial charge in [-0.3, -0.25) is 4.79 Å². The molecule has 1 aromatic rings. The lowest BCUT2D eigenvalue weighted by molar-refractivity contribution is 0.545. The predicted molar refractivity (Wildman–Crippen MR) is 67.0 cm³/mol.